The SMILES string of the molecule is CCCCN(C(=O)c1cc(OC)c(OC)cc1CCNCCC(O)CC(C#N)(c1ccc(OC)c(OC)c1)C(C)C)C(C)(C)C. The van der Waals surface area contributed by atoms with Gasteiger partial charge in [-0.05, 0) is 101 Å². The van der Waals surface area contributed by atoms with Crippen molar-refractivity contribution in [2.75, 3.05) is 48.1 Å². The lowest BCUT2D eigenvalue weighted by Gasteiger charge is -2.36. The maximum Gasteiger partial charge on any atom is 0.254 e. The van der Waals surface area contributed by atoms with E-state index in [0.29, 0.717) is 61.0 Å². The van der Waals surface area contributed by atoms with Crippen LogP contribution in [-0.4, -0.2) is 75.6 Å². The molecule has 0 aromatic heterocycles. The summed E-state index contributed by atoms with van der Waals surface area (Å²) in [5.41, 5.74) is 1.03. The molecule has 2 aromatic rings. The molecule has 2 atom stereocenters. The van der Waals surface area contributed by atoms with Crippen LogP contribution in [0.2, 0.25) is 0 Å². The Labute approximate surface area is 270 Å². The third-order valence-electron chi connectivity index (χ3n) is 8.50. The third kappa shape index (κ3) is 9.51. The molecule has 45 heavy (non-hydrogen) atoms. The van der Waals surface area contributed by atoms with Crippen LogP contribution in [0.4, 0.5) is 0 Å². The first kappa shape index (κ1) is 37.7. The highest BCUT2D eigenvalue weighted by Crippen LogP contribution is 2.41. The maximum absolute atomic E-state index is 13.9. The Morgan fingerprint density at radius 3 is 2.09 bits per heavy atom. The van der Waals surface area contributed by atoms with Crippen LogP contribution in [0.5, 0.6) is 23.0 Å². The molecule has 0 aliphatic rings. The van der Waals surface area contributed by atoms with Crippen LogP contribution >= 0.6 is 0 Å². The van der Waals surface area contributed by atoms with Crippen molar-refractivity contribution in [3.8, 4) is 29.1 Å². The summed E-state index contributed by atoms with van der Waals surface area (Å²) in [5, 5.41) is 24.9. The number of methoxy groups -OCH3 is 4. The van der Waals surface area contributed by atoms with E-state index in [4.69, 9.17) is 18.9 Å². The van der Waals surface area contributed by atoms with Gasteiger partial charge in [0.05, 0.1) is 46.0 Å². The van der Waals surface area contributed by atoms with Crippen molar-refractivity contribution >= 4 is 5.91 Å². The van der Waals surface area contributed by atoms with Crippen molar-refractivity contribution in [3.63, 3.8) is 0 Å². The van der Waals surface area contributed by atoms with E-state index in [9.17, 15) is 15.2 Å². The van der Waals surface area contributed by atoms with Crippen molar-refractivity contribution in [3.05, 3.63) is 47.0 Å². The first-order valence-corrected chi connectivity index (χ1v) is 15.9. The van der Waals surface area contributed by atoms with Crippen molar-refractivity contribution in [1.29, 1.82) is 5.26 Å². The zero-order valence-corrected chi connectivity index (χ0v) is 29.1. The highest BCUT2D eigenvalue weighted by atomic mass is 16.5. The van der Waals surface area contributed by atoms with Gasteiger partial charge in [0.1, 0.15) is 0 Å². The van der Waals surface area contributed by atoms with E-state index < -0.39 is 11.5 Å². The van der Waals surface area contributed by atoms with E-state index >= 15 is 0 Å². The Morgan fingerprint density at radius 1 is 0.956 bits per heavy atom. The molecule has 0 bridgehead atoms. The summed E-state index contributed by atoms with van der Waals surface area (Å²) in [7, 11) is 6.31. The summed E-state index contributed by atoms with van der Waals surface area (Å²) in [4.78, 5) is 15.8. The number of aliphatic hydroxyl groups excluding tert-OH is 1. The number of ether oxygens (including phenoxy) is 4. The van der Waals surface area contributed by atoms with Gasteiger partial charge in [-0.1, -0.05) is 33.3 Å². The molecule has 2 unspecified atom stereocenters. The molecule has 0 saturated carbocycles. The lowest BCUT2D eigenvalue weighted by molar-refractivity contribution is 0.0577. The summed E-state index contributed by atoms with van der Waals surface area (Å²) in [6.45, 7) is 14.1. The second-order valence-electron chi connectivity index (χ2n) is 12.8. The molecular weight excluding hydrogens is 570 g/mol. The number of benzene rings is 2. The van der Waals surface area contributed by atoms with Gasteiger partial charge in [-0.15, -0.1) is 0 Å². The Kier molecular flexibility index (Phi) is 14.5. The summed E-state index contributed by atoms with van der Waals surface area (Å²) in [5.74, 6) is 2.16. The minimum Gasteiger partial charge on any atom is -0.493 e. The molecular formula is C36H55N3O6. The average molecular weight is 626 g/mol. The molecule has 2 N–H and O–H groups in total. The van der Waals surface area contributed by atoms with E-state index in [1.165, 1.54) is 0 Å². The molecule has 0 aliphatic carbocycles. The first-order valence-electron chi connectivity index (χ1n) is 15.9. The molecule has 9 heteroatoms. The van der Waals surface area contributed by atoms with Gasteiger partial charge in [-0.3, -0.25) is 4.79 Å². The predicted molar refractivity (Wildman–Crippen MR) is 179 cm³/mol. The average Bonchev–Trinajstić information content (AvgIpc) is 3.01. The van der Waals surface area contributed by atoms with Crippen LogP contribution in [0.25, 0.3) is 0 Å². The summed E-state index contributed by atoms with van der Waals surface area (Å²) in [6, 6.07) is 11.7. The molecule has 250 valence electrons. The van der Waals surface area contributed by atoms with Gasteiger partial charge in [-0.2, -0.15) is 5.26 Å². The second kappa shape index (κ2) is 17.3. The molecule has 0 fully saturated rings. The van der Waals surface area contributed by atoms with Gasteiger partial charge in [0.25, 0.3) is 5.91 Å². The number of nitrogens with zero attached hydrogens (tertiary/aromatic N) is 2. The van der Waals surface area contributed by atoms with Crippen LogP contribution in [0.15, 0.2) is 30.3 Å². The molecule has 0 radical (unpaired) electrons. The number of rotatable bonds is 18. The number of aliphatic hydroxyl groups is 1. The second-order valence-corrected chi connectivity index (χ2v) is 12.8. The van der Waals surface area contributed by atoms with E-state index in [0.717, 1.165) is 24.0 Å². The van der Waals surface area contributed by atoms with Gasteiger partial charge in [0.2, 0.25) is 0 Å². The van der Waals surface area contributed by atoms with Crippen LogP contribution in [-0.2, 0) is 11.8 Å². The minimum absolute atomic E-state index is 0.0287. The molecule has 1 amide bonds. The number of hydrogen-bond acceptors (Lipinski definition) is 8. The first-order chi connectivity index (χ1) is 21.3. The standard InChI is InChI=1S/C36H55N3O6/c1-11-12-19-39(35(4,5)6)34(41)29-22-33(45-10)31(43-8)20-26(29)15-17-38-18-16-28(40)23-36(24-37,25(2)3)27-13-14-30(42-7)32(21-27)44-9/h13-14,20-22,25,28,38,40H,11-12,15-19,23H2,1-10H3. The van der Waals surface area contributed by atoms with Crippen LogP contribution in [0.1, 0.15) is 88.7 Å². The normalized spacial score (nSPS) is 13.5. The topological polar surface area (TPSA) is 113 Å². The summed E-state index contributed by atoms with van der Waals surface area (Å²) < 4.78 is 22.0. The Bertz CT molecular complexity index is 1280. The number of nitriles is 1. The van der Waals surface area contributed by atoms with Crippen LogP contribution < -0.4 is 24.3 Å². The van der Waals surface area contributed by atoms with E-state index in [2.05, 4.69) is 39.1 Å². The molecule has 2 rings (SSSR count). The molecule has 0 saturated heterocycles. The Balaban J connectivity index is 2.17. The monoisotopic (exact) mass is 625 g/mol. The minimum atomic E-state index is -0.898. The van der Waals surface area contributed by atoms with Gasteiger partial charge in [0.15, 0.2) is 23.0 Å². The summed E-state index contributed by atoms with van der Waals surface area (Å²) >= 11 is 0. The van der Waals surface area contributed by atoms with Gasteiger partial charge in [0, 0.05) is 17.6 Å². The van der Waals surface area contributed by atoms with Crippen molar-refractivity contribution in [2.45, 2.75) is 90.7 Å². The summed E-state index contributed by atoms with van der Waals surface area (Å²) in [6.07, 6.45) is 2.55. The molecule has 0 spiro atoms. The fraction of sp³-hybridized carbons (Fsp3) is 0.611. The lowest BCUT2D eigenvalue weighted by Crippen LogP contribution is -2.46. The number of nitrogens with one attached hydrogen (secondary N) is 1. The molecule has 9 nitrogen and oxygen atoms in total. The Morgan fingerprint density at radius 2 is 1.56 bits per heavy atom. The quantitative estimate of drug-likeness (QED) is 0.190. The largest absolute Gasteiger partial charge is 0.493 e. The highest BCUT2D eigenvalue weighted by molar-refractivity contribution is 5.97. The lowest BCUT2D eigenvalue weighted by atomic mass is 9.69. The molecule has 2 aromatic carbocycles. The number of amides is 1. The Hall–Kier alpha value is -3.48. The molecule has 0 aliphatic heterocycles. The molecule has 0 heterocycles. The van der Waals surface area contributed by atoms with Gasteiger partial charge in [-0.25, -0.2) is 0 Å². The van der Waals surface area contributed by atoms with Crippen LogP contribution in [0.3, 0.4) is 0 Å². The number of hydrogen-bond donors (Lipinski definition) is 2. The van der Waals surface area contributed by atoms with Gasteiger partial charge >= 0.3 is 0 Å². The van der Waals surface area contributed by atoms with E-state index in [1.807, 2.05) is 36.9 Å². The number of carbonyl (C=O) groups is 1. The maximum atomic E-state index is 13.9. The zero-order chi connectivity index (χ0) is 33.8. The predicted octanol–water partition coefficient (Wildman–Crippen LogP) is 6.15. The highest BCUT2D eigenvalue weighted by Gasteiger charge is 2.38. The third-order valence-corrected chi connectivity index (χ3v) is 8.50. The number of unbranched alkanes of at least 4 members (excludes halogenated alkanes) is 1. The van der Waals surface area contributed by atoms with E-state index in [1.54, 1.807) is 40.6 Å². The smallest absolute Gasteiger partial charge is 0.254 e. The van der Waals surface area contributed by atoms with Crippen molar-refractivity contribution < 1.29 is 28.8 Å². The van der Waals surface area contributed by atoms with E-state index in [-0.39, 0.29) is 23.8 Å². The number of carbonyl (C=O) groups excluding carboxylic acids is 1. The van der Waals surface area contributed by atoms with Gasteiger partial charge < -0.3 is 34.3 Å². The van der Waals surface area contributed by atoms with Crippen molar-refractivity contribution in [1.82, 2.24) is 10.2 Å². The van der Waals surface area contributed by atoms with Crippen LogP contribution in [0, 0.1) is 17.2 Å². The zero-order valence-electron chi connectivity index (χ0n) is 29.1. The fourth-order valence-electron chi connectivity index (χ4n) is 5.66. The fourth-order valence-corrected chi connectivity index (χ4v) is 5.66. The van der Waals surface area contributed by atoms with Crippen molar-refractivity contribution in [2.24, 2.45) is 5.92 Å².